The van der Waals surface area contributed by atoms with Crippen LogP contribution in [0, 0.1) is 0 Å². The highest BCUT2D eigenvalue weighted by molar-refractivity contribution is 5.78. The van der Waals surface area contributed by atoms with E-state index in [1.54, 1.807) is 24.3 Å². The summed E-state index contributed by atoms with van der Waals surface area (Å²) >= 11 is 0. The lowest BCUT2D eigenvalue weighted by Gasteiger charge is -2.22. The van der Waals surface area contributed by atoms with Gasteiger partial charge in [0.2, 0.25) is 0 Å². The third-order valence-electron chi connectivity index (χ3n) is 2.11. The van der Waals surface area contributed by atoms with Crippen molar-refractivity contribution in [2.24, 2.45) is 0 Å². The smallest absolute Gasteiger partial charge is 0.432 e. The second kappa shape index (κ2) is 5.86. The van der Waals surface area contributed by atoms with Crippen molar-refractivity contribution in [3.05, 3.63) is 35.9 Å². The van der Waals surface area contributed by atoms with E-state index >= 15 is 0 Å². The molecule has 1 atom stereocenters. The minimum atomic E-state index is -1.43. The Morgan fingerprint density at radius 2 is 1.88 bits per heavy atom. The molecule has 0 radical (unpaired) electrons. The van der Waals surface area contributed by atoms with Crippen LogP contribution in [0.2, 0.25) is 0 Å². The summed E-state index contributed by atoms with van der Waals surface area (Å²) in [5.74, 6) is -1.26. The van der Waals surface area contributed by atoms with Gasteiger partial charge >= 0.3 is 12.1 Å². The third kappa shape index (κ3) is 3.76. The van der Waals surface area contributed by atoms with Crippen molar-refractivity contribution in [2.75, 3.05) is 0 Å². The molecule has 1 aromatic carbocycles. The van der Waals surface area contributed by atoms with Gasteiger partial charge in [0.15, 0.2) is 6.04 Å². The lowest BCUT2D eigenvalue weighted by atomic mass is 10.2. The van der Waals surface area contributed by atoms with Crippen LogP contribution in [0.1, 0.15) is 12.5 Å². The second-order valence-electron chi connectivity index (χ2n) is 3.38. The Labute approximate surface area is 98.0 Å². The summed E-state index contributed by atoms with van der Waals surface area (Å²) in [5, 5.41) is 17.9. The third-order valence-corrected chi connectivity index (χ3v) is 2.11. The molecular formula is C11H13NO5. The molecular weight excluding hydrogens is 226 g/mol. The Kier molecular flexibility index (Phi) is 4.47. The summed E-state index contributed by atoms with van der Waals surface area (Å²) in [6.07, 6.45) is -1.43. The van der Waals surface area contributed by atoms with Gasteiger partial charge in [0.25, 0.3) is 0 Å². The number of benzene rings is 1. The highest BCUT2D eigenvalue weighted by Crippen LogP contribution is 2.07. The van der Waals surface area contributed by atoms with Gasteiger partial charge in [-0.3, -0.25) is 4.84 Å². The van der Waals surface area contributed by atoms with Crippen LogP contribution in [-0.2, 0) is 16.2 Å². The number of hydrogen-bond acceptors (Lipinski definition) is 3. The molecule has 0 heterocycles. The van der Waals surface area contributed by atoms with Crippen LogP contribution in [0.4, 0.5) is 4.79 Å². The van der Waals surface area contributed by atoms with Crippen molar-refractivity contribution in [3.8, 4) is 0 Å². The van der Waals surface area contributed by atoms with E-state index < -0.39 is 18.1 Å². The summed E-state index contributed by atoms with van der Waals surface area (Å²) in [6.45, 7) is 1.24. The molecule has 0 fully saturated rings. The van der Waals surface area contributed by atoms with Crippen LogP contribution in [0.15, 0.2) is 30.3 Å². The van der Waals surface area contributed by atoms with E-state index in [1.807, 2.05) is 6.07 Å². The predicted octanol–water partition coefficient (Wildman–Crippen LogP) is 1.57. The zero-order valence-corrected chi connectivity index (χ0v) is 9.24. The van der Waals surface area contributed by atoms with E-state index in [0.29, 0.717) is 5.06 Å². The number of hydrogen-bond donors (Lipinski definition) is 2. The van der Waals surface area contributed by atoms with Gasteiger partial charge in [-0.1, -0.05) is 30.3 Å². The van der Waals surface area contributed by atoms with Gasteiger partial charge in [-0.2, -0.15) is 5.06 Å². The number of carbonyl (C=O) groups is 2. The zero-order chi connectivity index (χ0) is 12.8. The molecule has 92 valence electrons. The summed E-state index contributed by atoms with van der Waals surface area (Å²) in [4.78, 5) is 26.4. The molecule has 6 heteroatoms. The second-order valence-corrected chi connectivity index (χ2v) is 3.38. The van der Waals surface area contributed by atoms with Crippen LogP contribution >= 0.6 is 0 Å². The van der Waals surface area contributed by atoms with E-state index in [4.69, 9.17) is 15.1 Å². The van der Waals surface area contributed by atoms with Gasteiger partial charge < -0.3 is 10.2 Å². The first-order chi connectivity index (χ1) is 8.02. The Morgan fingerprint density at radius 3 is 2.35 bits per heavy atom. The van der Waals surface area contributed by atoms with Crippen molar-refractivity contribution in [1.82, 2.24) is 5.06 Å². The molecule has 0 aliphatic carbocycles. The van der Waals surface area contributed by atoms with Crippen molar-refractivity contribution in [2.45, 2.75) is 19.6 Å². The van der Waals surface area contributed by atoms with Crippen LogP contribution < -0.4 is 0 Å². The fourth-order valence-corrected chi connectivity index (χ4v) is 1.15. The molecule has 0 unspecified atom stereocenters. The Morgan fingerprint density at radius 1 is 1.29 bits per heavy atom. The number of amides is 1. The Hall–Kier alpha value is -2.08. The van der Waals surface area contributed by atoms with E-state index in [1.165, 1.54) is 6.92 Å². The maximum atomic E-state index is 10.8. The first kappa shape index (κ1) is 13.0. The van der Waals surface area contributed by atoms with E-state index in [9.17, 15) is 9.59 Å². The first-order valence-corrected chi connectivity index (χ1v) is 4.94. The van der Waals surface area contributed by atoms with E-state index in [2.05, 4.69) is 0 Å². The average Bonchev–Trinajstić information content (AvgIpc) is 2.29. The SMILES string of the molecule is C[C@@H](C(=O)O)N(OCc1ccccc1)C(=O)O. The summed E-state index contributed by atoms with van der Waals surface area (Å²) in [6, 6.07) is 7.64. The lowest BCUT2D eigenvalue weighted by molar-refractivity contribution is -0.182. The summed E-state index contributed by atoms with van der Waals surface area (Å²) in [5.41, 5.74) is 0.760. The van der Waals surface area contributed by atoms with Crippen molar-refractivity contribution < 1.29 is 24.6 Å². The summed E-state index contributed by atoms with van der Waals surface area (Å²) < 4.78 is 0. The Balaban J connectivity index is 2.63. The molecule has 0 aliphatic rings. The quantitative estimate of drug-likeness (QED) is 0.761. The molecule has 0 saturated heterocycles. The largest absolute Gasteiger partial charge is 0.480 e. The van der Waals surface area contributed by atoms with Gasteiger partial charge in [0.1, 0.15) is 6.61 Å². The minimum absolute atomic E-state index is 0.00472. The van der Waals surface area contributed by atoms with Gasteiger partial charge in [0.05, 0.1) is 0 Å². The monoisotopic (exact) mass is 239 g/mol. The molecule has 2 N–H and O–H groups in total. The maximum Gasteiger partial charge on any atom is 0.432 e. The molecule has 1 rings (SSSR count). The Bertz CT molecular complexity index is 392. The van der Waals surface area contributed by atoms with Crippen LogP contribution in [0.5, 0.6) is 0 Å². The standard InChI is InChI=1S/C11H13NO5/c1-8(10(13)14)12(11(15)16)17-7-9-5-3-2-4-6-9/h2-6,8H,7H2,1H3,(H,13,14)(H,15,16)/t8-/m0/s1. The van der Waals surface area contributed by atoms with Crippen LogP contribution in [0.3, 0.4) is 0 Å². The average molecular weight is 239 g/mol. The topological polar surface area (TPSA) is 87.1 Å². The highest BCUT2D eigenvalue weighted by Gasteiger charge is 2.26. The maximum absolute atomic E-state index is 10.8. The lowest BCUT2D eigenvalue weighted by Crippen LogP contribution is -2.42. The fraction of sp³-hybridized carbons (Fsp3) is 0.273. The highest BCUT2D eigenvalue weighted by atomic mass is 16.7. The van der Waals surface area contributed by atoms with Gasteiger partial charge in [-0.05, 0) is 12.5 Å². The van der Waals surface area contributed by atoms with E-state index in [-0.39, 0.29) is 6.61 Å². The summed E-state index contributed by atoms with van der Waals surface area (Å²) in [7, 11) is 0. The molecule has 0 aliphatic heterocycles. The zero-order valence-electron chi connectivity index (χ0n) is 9.24. The normalized spacial score (nSPS) is 11.8. The molecule has 0 spiro atoms. The van der Waals surface area contributed by atoms with Crippen molar-refractivity contribution >= 4 is 12.1 Å². The molecule has 1 amide bonds. The number of nitrogens with zero attached hydrogens (tertiary/aromatic N) is 1. The molecule has 1 aromatic rings. The number of hydroxylamine groups is 2. The van der Waals surface area contributed by atoms with Crippen molar-refractivity contribution in [1.29, 1.82) is 0 Å². The fourth-order valence-electron chi connectivity index (χ4n) is 1.15. The first-order valence-electron chi connectivity index (χ1n) is 4.94. The molecule has 0 saturated carbocycles. The van der Waals surface area contributed by atoms with Crippen molar-refractivity contribution in [3.63, 3.8) is 0 Å². The van der Waals surface area contributed by atoms with Gasteiger partial charge in [-0.15, -0.1) is 0 Å². The van der Waals surface area contributed by atoms with E-state index in [0.717, 1.165) is 5.56 Å². The molecule has 17 heavy (non-hydrogen) atoms. The minimum Gasteiger partial charge on any atom is -0.480 e. The molecule has 6 nitrogen and oxygen atoms in total. The number of aliphatic carboxylic acids is 1. The molecule has 0 bridgehead atoms. The van der Waals surface area contributed by atoms with Crippen LogP contribution in [0.25, 0.3) is 0 Å². The van der Waals surface area contributed by atoms with Gasteiger partial charge in [-0.25, -0.2) is 9.59 Å². The number of rotatable bonds is 5. The predicted molar refractivity (Wildman–Crippen MR) is 58.2 cm³/mol. The van der Waals surface area contributed by atoms with Crippen LogP contribution in [-0.4, -0.2) is 33.4 Å². The number of carboxylic acids is 1. The number of carboxylic acid groups (broad SMARTS) is 2. The molecule has 0 aromatic heterocycles. The van der Waals surface area contributed by atoms with Gasteiger partial charge in [0, 0.05) is 0 Å².